The third kappa shape index (κ3) is 6.67. The fraction of sp³-hybridized carbons (Fsp3) is 0.536. The van der Waals surface area contributed by atoms with Crippen LogP contribution in [0.5, 0.6) is 0 Å². The Bertz CT molecular complexity index is 981. The minimum absolute atomic E-state index is 0.0243. The summed E-state index contributed by atoms with van der Waals surface area (Å²) < 4.78 is 0. The second-order valence-corrected chi connectivity index (χ2v) is 9.62. The molecule has 0 bridgehead atoms. The van der Waals surface area contributed by atoms with Crippen molar-refractivity contribution in [3.63, 3.8) is 0 Å². The van der Waals surface area contributed by atoms with Gasteiger partial charge in [0, 0.05) is 54.9 Å². The summed E-state index contributed by atoms with van der Waals surface area (Å²) in [6, 6.07) is 9.72. The molecule has 2 aliphatic heterocycles. The lowest BCUT2D eigenvalue weighted by Gasteiger charge is -2.27. The maximum atomic E-state index is 13.5. The van der Waals surface area contributed by atoms with E-state index in [1.807, 2.05) is 23.1 Å². The number of nitrogens with one attached hydrogen (secondary N) is 2. The van der Waals surface area contributed by atoms with E-state index < -0.39 is 0 Å². The van der Waals surface area contributed by atoms with E-state index in [1.54, 1.807) is 24.5 Å². The quantitative estimate of drug-likeness (QED) is 0.681. The molecule has 0 aliphatic carbocycles. The number of aromatic nitrogens is 1. The highest BCUT2D eigenvalue weighted by molar-refractivity contribution is 6.06. The van der Waals surface area contributed by atoms with E-state index in [-0.39, 0.29) is 11.8 Å². The first-order chi connectivity index (χ1) is 17.2. The number of benzene rings is 1. The van der Waals surface area contributed by atoms with Crippen LogP contribution in [-0.4, -0.2) is 60.5 Å². The predicted molar refractivity (Wildman–Crippen MR) is 140 cm³/mol. The Balaban J connectivity index is 1.56. The molecule has 2 amide bonds. The molecule has 1 atom stereocenters. The average molecular weight is 478 g/mol. The number of fused-ring (bicyclic) bond motifs is 1. The molecule has 0 spiro atoms. The number of likely N-dealkylation sites (N-methyl/N-ethyl adjacent to an activating group) is 1. The number of likely N-dealkylation sites (tertiary alicyclic amines) is 1. The second kappa shape index (κ2) is 12.8. The second-order valence-electron chi connectivity index (χ2n) is 9.62. The molecule has 7 nitrogen and oxygen atoms in total. The Morgan fingerprint density at radius 2 is 1.80 bits per heavy atom. The third-order valence-corrected chi connectivity index (χ3v) is 7.26. The SMILES string of the molecule is CCN1CCCC1CNC(=O)c1ccc2c(c1)CNCCCCCCCN2C(=O)c1ccncc1. The maximum absolute atomic E-state index is 13.5. The van der Waals surface area contributed by atoms with Gasteiger partial charge in [-0.25, -0.2) is 0 Å². The summed E-state index contributed by atoms with van der Waals surface area (Å²) in [4.78, 5) is 34.9. The van der Waals surface area contributed by atoms with Gasteiger partial charge in [-0.3, -0.25) is 19.5 Å². The highest BCUT2D eigenvalue weighted by atomic mass is 16.2. The van der Waals surface area contributed by atoms with Crippen molar-refractivity contribution >= 4 is 17.5 Å². The zero-order valence-electron chi connectivity index (χ0n) is 21.0. The molecule has 0 radical (unpaired) electrons. The summed E-state index contributed by atoms with van der Waals surface area (Å²) in [5, 5.41) is 6.68. The van der Waals surface area contributed by atoms with Gasteiger partial charge in [0.1, 0.15) is 0 Å². The Labute approximate surface area is 209 Å². The number of pyridine rings is 1. The van der Waals surface area contributed by atoms with E-state index in [0.29, 0.717) is 36.8 Å². The highest BCUT2D eigenvalue weighted by Crippen LogP contribution is 2.26. The van der Waals surface area contributed by atoms with Crippen molar-refractivity contribution in [2.75, 3.05) is 37.6 Å². The summed E-state index contributed by atoms with van der Waals surface area (Å²) in [7, 11) is 0. The Morgan fingerprint density at radius 3 is 2.63 bits per heavy atom. The molecule has 2 aromatic rings. The van der Waals surface area contributed by atoms with E-state index >= 15 is 0 Å². The third-order valence-electron chi connectivity index (χ3n) is 7.26. The number of carbonyl (C=O) groups excluding carboxylic acids is 2. The van der Waals surface area contributed by atoms with Gasteiger partial charge in [-0.05, 0) is 81.2 Å². The number of carbonyl (C=O) groups is 2. The maximum Gasteiger partial charge on any atom is 0.258 e. The van der Waals surface area contributed by atoms with Crippen molar-refractivity contribution in [1.82, 2.24) is 20.5 Å². The Morgan fingerprint density at radius 1 is 1.00 bits per heavy atom. The summed E-state index contributed by atoms with van der Waals surface area (Å²) in [6.45, 7) is 7.21. The summed E-state index contributed by atoms with van der Waals surface area (Å²) in [6.07, 6.45) is 11.2. The van der Waals surface area contributed by atoms with Gasteiger partial charge in [0.2, 0.25) is 0 Å². The zero-order chi connectivity index (χ0) is 24.5. The fourth-order valence-electron chi connectivity index (χ4n) is 5.24. The van der Waals surface area contributed by atoms with Gasteiger partial charge in [0.05, 0.1) is 0 Å². The lowest BCUT2D eigenvalue weighted by molar-refractivity contribution is 0.0940. The van der Waals surface area contributed by atoms with Crippen molar-refractivity contribution < 1.29 is 9.59 Å². The van der Waals surface area contributed by atoms with Crippen molar-refractivity contribution in [2.45, 2.75) is 64.5 Å². The first-order valence-corrected chi connectivity index (χ1v) is 13.2. The minimum Gasteiger partial charge on any atom is -0.350 e. The van der Waals surface area contributed by atoms with Crippen molar-refractivity contribution in [1.29, 1.82) is 0 Å². The first-order valence-electron chi connectivity index (χ1n) is 13.2. The molecule has 2 N–H and O–H groups in total. The van der Waals surface area contributed by atoms with Gasteiger partial charge in [0.15, 0.2) is 0 Å². The molecule has 1 fully saturated rings. The zero-order valence-corrected chi connectivity index (χ0v) is 21.0. The Hall–Kier alpha value is -2.77. The minimum atomic E-state index is -0.0473. The number of nitrogens with zero attached hydrogens (tertiary/aromatic N) is 3. The summed E-state index contributed by atoms with van der Waals surface area (Å²) >= 11 is 0. The van der Waals surface area contributed by atoms with Crippen LogP contribution in [-0.2, 0) is 6.54 Å². The van der Waals surface area contributed by atoms with Gasteiger partial charge in [-0.15, -0.1) is 0 Å². The molecule has 1 saturated heterocycles. The molecular weight excluding hydrogens is 438 g/mol. The van der Waals surface area contributed by atoms with Crippen molar-refractivity contribution in [3.8, 4) is 0 Å². The van der Waals surface area contributed by atoms with E-state index in [2.05, 4.69) is 27.4 Å². The van der Waals surface area contributed by atoms with Crippen LogP contribution in [0.3, 0.4) is 0 Å². The van der Waals surface area contributed by atoms with E-state index in [9.17, 15) is 9.59 Å². The van der Waals surface area contributed by atoms with Crippen LogP contribution in [0.15, 0.2) is 42.7 Å². The molecule has 35 heavy (non-hydrogen) atoms. The molecule has 7 heteroatoms. The van der Waals surface area contributed by atoms with E-state index in [1.165, 1.54) is 19.3 Å². The van der Waals surface area contributed by atoms with Gasteiger partial charge in [0.25, 0.3) is 11.8 Å². The normalized spacial score (nSPS) is 19.9. The molecule has 1 aromatic heterocycles. The first kappa shape index (κ1) is 25.3. The largest absolute Gasteiger partial charge is 0.350 e. The van der Waals surface area contributed by atoms with Crippen LogP contribution in [0.4, 0.5) is 5.69 Å². The molecule has 0 saturated carbocycles. The predicted octanol–water partition coefficient (Wildman–Crippen LogP) is 4.00. The molecule has 2 aliphatic rings. The van der Waals surface area contributed by atoms with Crippen LogP contribution in [0, 0.1) is 0 Å². The van der Waals surface area contributed by atoms with Gasteiger partial charge >= 0.3 is 0 Å². The number of rotatable bonds is 5. The smallest absolute Gasteiger partial charge is 0.258 e. The van der Waals surface area contributed by atoms with Crippen LogP contribution >= 0.6 is 0 Å². The average Bonchev–Trinajstić information content (AvgIpc) is 3.35. The number of anilines is 1. The van der Waals surface area contributed by atoms with Crippen molar-refractivity contribution in [3.05, 3.63) is 59.4 Å². The summed E-state index contributed by atoms with van der Waals surface area (Å²) in [5.41, 5.74) is 3.14. The Kier molecular flexibility index (Phi) is 9.26. The highest BCUT2D eigenvalue weighted by Gasteiger charge is 2.24. The molecule has 1 unspecified atom stereocenters. The van der Waals surface area contributed by atoms with Crippen LogP contribution in [0.25, 0.3) is 0 Å². The lowest BCUT2D eigenvalue weighted by atomic mass is 10.0. The van der Waals surface area contributed by atoms with Gasteiger partial charge in [-0.1, -0.05) is 26.2 Å². The van der Waals surface area contributed by atoms with Crippen LogP contribution in [0.2, 0.25) is 0 Å². The molecule has 3 heterocycles. The van der Waals surface area contributed by atoms with Gasteiger partial charge in [-0.2, -0.15) is 0 Å². The summed E-state index contributed by atoms with van der Waals surface area (Å²) in [5.74, 6) is -0.0716. The van der Waals surface area contributed by atoms with Crippen LogP contribution < -0.4 is 15.5 Å². The van der Waals surface area contributed by atoms with E-state index in [4.69, 9.17) is 0 Å². The fourth-order valence-corrected chi connectivity index (χ4v) is 5.24. The molecule has 188 valence electrons. The number of hydrogen-bond acceptors (Lipinski definition) is 5. The van der Waals surface area contributed by atoms with E-state index in [0.717, 1.165) is 56.6 Å². The number of amides is 2. The van der Waals surface area contributed by atoms with Crippen molar-refractivity contribution in [2.24, 2.45) is 0 Å². The number of hydrogen-bond donors (Lipinski definition) is 2. The monoisotopic (exact) mass is 477 g/mol. The molecule has 4 rings (SSSR count). The molecular formula is C28H39N5O2. The van der Waals surface area contributed by atoms with Crippen LogP contribution in [0.1, 0.15) is 78.1 Å². The molecule has 1 aromatic carbocycles. The lowest BCUT2D eigenvalue weighted by Crippen LogP contribution is -2.40. The topological polar surface area (TPSA) is 77.6 Å². The standard InChI is InChI=1S/C28H39N5O2/c1-2-32-17-8-9-25(32)21-31-27(34)23-10-11-26-24(19-23)20-30-14-6-4-3-5-7-18-33(26)28(35)22-12-15-29-16-13-22/h10-13,15-16,19,25,30H,2-9,14,17-18,20-21H2,1H3,(H,31,34). The van der Waals surface area contributed by atoms with Gasteiger partial charge < -0.3 is 15.5 Å².